The van der Waals surface area contributed by atoms with Gasteiger partial charge in [0.05, 0.1) is 29.4 Å². The van der Waals surface area contributed by atoms with E-state index in [2.05, 4.69) is 46.7 Å². The molecule has 1 aromatic carbocycles. The summed E-state index contributed by atoms with van der Waals surface area (Å²) in [5.74, 6) is -1.39. The Morgan fingerprint density at radius 1 is 0.953 bits per heavy atom. The highest BCUT2D eigenvalue weighted by Gasteiger charge is 2.56. The van der Waals surface area contributed by atoms with Gasteiger partial charge in [-0.3, -0.25) is 4.79 Å². The molecule has 1 aromatic rings. The van der Waals surface area contributed by atoms with Crippen molar-refractivity contribution in [3.63, 3.8) is 0 Å². The fraction of sp³-hybridized carbons (Fsp3) is 0.765. The molecule has 1 N–H and O–H groups in total. The van der Waals surface area contributed by atoms with Crippen LogP contribution in [0.2, 0.25) is 18.1 Å². The van der Waals surface area contributed by atoms with E-state index < -0.39 is 56.0 Å². The van der Waals surface area contributed by atoms with Crippen molar-refractivity contribution in [3.05, 3.63) is 35.9 Å². The number of carbonyl (C=O) groups excluding carboxylic acids is 1. The molecule has 0 aliphatic carbocycles. The van der Waals surface area contributed by atoms with E-state index in [-0.39, 0.29) is 23.9 Å². The average Bonchev–Trinajstić information content (AvgIpc) is 3.40. The van der Waals surface area contributed by atoms with Gasteiger partial charge < -0.3 is 28.6 Å². The van der Waals surface area contributed by atoms with Gasteiger partial charge in [0, 0.05) is 23.3 Å². The molecule has 3 aliphatic rings. The van der Waals surface area contributed by atoms with Crippen molar-refractivity contribution >= 4 is 20.0 Å². The molecule has 3 heterocycles. The maximum absolute atomic E-state index is 13.8. The number of fused-ring (bicyclic) bond motifs is 4. The summed E-state index contributed by atoms with van der Waals surface area (Å²) in [6.07, 6.45) is -1.85. The lowest BCUT2D eigenvalue weighted by molar-refractivity contribution is -0.309. The first-order valence-corrected chi connectivity index (χ1v) is 19.0. The maximum Gasteiger partial charge on any atom is 0.311 e. The summed E-state index contributed by atoms with van der Waals surface area (Å²) in [6.45, 7) is 20.7. The van der Waals surface area contributed by atoms with E-state index in [9.17, 15) is 9.90 Å². The molecule has 0 spiro atoms. The summed E-state index contributed by atoms with van der Waals surface area (Å²) in [6, 6.07) is 12.9. The van der Waals surface area contributed by atoms with Crippen LogP contribution in [0.4, 0.5) is 0 Å². The minimum absolute atomic E-state index is 0.00618. The molecule has 4 rings (SSSR count). The lowest BCUT2D eigenvalue weighted by atomic mass is 9.73. The second kappa shape index (κ2) is 13.3. The smallest absolute Gasteiger partial charge is 0.311 e. The first kappa shape index (κ1) is 34.1. The standard InChI is InChI=1S/C34H55NO7Si/c1-11-26-34(10,37)30-22(6)27(35-41-30)21(5)20-33(9,42-43(12-2,13-3)14-4)29-23(7)28(24(8)31(36)38-26)39-32(40-29)25-18-16-15-17-19-25/h15-19,21-24,26,28-30,32,37H,11-14,20H2,1-10H3/t21-,22+,23+,24-,26-,28+,29-,30-,32-,33-,34-/m1/s1. The normalized spacial score (nSPS) is 40.7. The largest absolute Gasteiger partial charge is 0.459 e. The third-order valence-corrected chi connectivity index (χ3v) is 15.5. The summed E-state index contributed by atoms with van der Waals surface area (Å²) < 4.78 is 27.1. The first-order chi connectivity index (χ1) is 20.3. The number of nitrogens with zero attached hydrogens (tertiary/aromatic N) is 1. The van der Waals surface area contributed by atoms with Crippen LogP contribution in [0.15, 0.2) is 35.5 Å². The minimum atomic E-state index is -2.13. The van der Waals surface area contributed by atoms with Gasteiger partial charge in [-0.1, -0.05) is 84.0 Å². The lowest BCUT2D eigenvalue weighted by Gasteiger charge is -2.53. The topological polar surface area (TPSA) is 95.8 Å². The van der Waals surface area contributed by atoms with Crippen LogP contribution in [0.5, 0.6) is 0 Å². The summed E-state index contributed by atoms with van der Waals surface area (Å²) in [7, 11) is -2.13. The van der Waals surface area contributed by atoms with Gasteiger partial charge in [-0.15, -0.1) is 0 Å². The van der Waals surface area contributed by atoms with E-state index in [1.54, 1.807) is 6.92 Å². The van der Waals surface area contributed by atoms with Crippen LogP contribution in [0.25, 0.3) is 0 Å². The van der Waals surface area contributed by atoms with E-state index >= 15 is 0 Å². The molecule has 9 heteroatoms. The predicted molar refractivity (Wildman–Crippen MR) is 170 cm³/mol. The van der Waals surface area contributed by atoms with Crippen molar-refractivity contribution in [3.8, 4) is 0 Å². The fourth-order valence-corrected chi connectivity index (χ4v) is 11.1. The van der Waals surface area contributed by atoms with E-state index in [4.69, 9.17) is 23.5 Å². The van der Waals surface area contributed by atoms with Crippen molar-refractivity contribution in [2.45, 2.75) is 142 Å². The fourth-order valence-electron chi connectivity index (χ4n) is 7.94. The number of esters is 1. The summed E-state index contributed by atoms with van der Waals surface area (Å²) in [5.41, 5.74) is -0.361. The summed E-state index contributed by atoms with van der Waals surface area (Å²) in [5, 5.41) is 16.4. The van der Waals surface area contributed by atoms with Crippen LogP contribution in [-0.4, -0.2) is 60.7 Å². The Morgan fingerprint density at radius 2 is 1.58 bits per heavy atom. The molecular formula is C34H55NO7Si. The van der Waals surface area contributed by atoms with Crippen molar-refractivity contribution in [2.75, 3.05) is 0 Å². The molecule has 8 nitrogen and oxygen atoms in total. The van der Waals surface area contributed by atoms with Gasteiger partial charge in [0.15, 0.2) is 20.7 Å². The highest BCUT2D eigenvalue weighted by atomic mass is 28.4. The number of oxime groups is 1. The van der Waals surface area contributed by atoms with Crippen molar-refractivity contribution in [2.24, 2.45) is 28.8 Å². The van der Waals surface area contributed by atoms with Crippen molar-refractivity contribution < 1.29 is 33.4 Å². The molecule has 0 saturated carbocycles. The Bertz CT molecular complexity index is 1120. The Labute approximate surface area is 260 Å². The third-order valence-electron chi connectivity index (χ3n) is 10.7. The number of cyclic esters (lactones) is 1. The molecule has 0 unspecified atom stereocenters. The predicted octanol–water partition coefficient (Wildman–Crippen LogP) is 7.03. The van der Waals surface area contributed by atoms with Crippen LogP contribution in [0.3, 0.4) is 0 Å². The zero-order valence-electron chi connectivity index (χ0n) is 28.0. The van der Waals surface area contributed by atoms with E-state index in [0.29, 0.717) is 12.8 Å². The van der Waals surface area contributed by atoms with Gasteiger partial charge in [-0.2, -0.15) is 0 Å². The van der Waals surface area contributed by atoms with Crippen molar-refractivity contribution in [1.82, 2.24) is 0 Å². The van der Waals surface area contributed by atoms with Crippen LogP contribution < -0.4 is 0 Å². The van der Waals surface area contributed by atoms with Crippen LogP contribution in [0, 0.1) is 23.7 Å². The number of benzene rings is 1. The SMILES string of the molecule is CC[C@H]1OC(=O)[C@H](C)[C@H]2O[C@@H](c3ccccc3)O[C@H]([C@H]2C)[C@](C)(O[Si](CC)(CC)CC)C[C@@H](C)C2=NO[C@H]([C@H]2C)[C@]1(C)O. The summed E-state index contributed by atoms with van der Waals surface area (Å²) >= 11 is 0. The Balaban J connectivity index is 1.87. The van der Waals surface area contributed by atoms with Gasteiger partial charge >= 0.3 is 5.97 Å². The number of aliphatic hydroxyl groups is 1. The number of hydrogen-bond donors (Lipinski definition) is 1. The zero-order chi connectivity index (χ0) is 31.7. The highest BCUT2D eigenvalue weighted by molar-refractivity contribution is 6.73. The van der Waals surface area contributed by atoms with Gasteiger partial charge in [0.2, 0.25) is 0 Å². The highest BCUT2D eigenvalue weighted by Crippen LogP contribution is 2.47. The lowest BCUT2D eigenvalue weighted by Crippen LogP contribution is -2.61. The molecule has 0 aromatic heterocycles. The third kappa shape index (κ3) is 6.48. The van der Waals surface area contributed by atoms with Gasteiger partial charge in [-0.05, 0) is 51.7 Å². The molecule has 43 heavy (non-hydrogen) atoms. The minimum Gasteiger partial charge on any atom is -0.459 e. The molecule has 3 aliphatic heterocycles. The average molecular weight is 618 g/mol. The second-order valence-corrected chi connectivity index (χ2v) is 18.4. The molecule has 0 radical (unpaired) electrons. The molecule has 242 valence electrons. The van der Waals surface area contributed by atoms with Crippen LogP contribution >= 0.6 is 0 Å². The Kier molecular flexibility index (Phi) is 10.5. The van der Waals surface area contributed by atoms with Crippen LogP contribution in [0.1, 0.15) is 93.9 Å². The monoisotopic (exact) mass is 617 g/mol. The second-order valence-electron chi connectivity index (χ2n) is 13.7. The number of carbonyl (C=O) groups is 1. The van der Waals surface area contributed by atoms with Gasteiger partial charge in [0.25, 0.3) is 0 Å². The van der Waals surface area contributed by atoms with Gasteiger partial charge in [0.1, 0.15) is 11.7 Å². The molecular weight excluding hydrogens is 562 g/mol. The Morgan fingerprint density at radius 3 is 2.16 bits per heavy atom. The molecule has 2 fully saturated rings. The number of hydrogen-bond acceptors (Lipinski definition) is 8. The first-order valence-electron chi connectivity index (χ1n) is 16.5. The summed E-state index contributed by atoms with van der Waals surface area (Å²) in [4.78, 5) is 19.8. The molecule has 11 atom stereocenters. The Hall–Kier alpha value is -1.78. The van der Waals surface area contributed by atoms with Gasteiger partial charge in [-0.25, -0.2) is 0 Å². The molecule has 4 bridgehead atoms. The molecule has 2 saturated heterocycles. The number of ether oxygens (including phenoxy) is 3. The van der Waals surface area contributed by atoms with Crippen LogP contribution in [-0.2, 0) is 28.3 Å². The zero-order valence-corrected chi connectivity index (χ0v) is 29.0. The van der Waals surface area contributed by atoms with E-state index in [1.165, 1.54) is 0 Å². The molecule has 0 amide bonds. The van der Waals surface area contributed by atoms with Crippen molar-refractivity contribution in [1.29, 1.82) is 0 Å². The quantitative estimate of drug-likeness (QED) is 0.259. The maximum atomic E-state index is 13.8. The number of rotatable bonds is 7. The van der Waals surface area contributed by atoms with E-state index in [0.717, 1.165) is 29.4 Å². The van der Waals surface area contributed by atoms with E-state index in [1.807, 2.05) is 51.1 Å².